The number of hydrogen-bond acceptors (Lipinski definition) is 3. The molecule has 0 heterocycles. The Balaban J connectivity index is 1.69. The molecule has 0 saturated heterocycles. The van der Waals surface area contributed by atoms with Gasteiger partial charge in [-0.1, -0.05) is 30.3 Å². The fraction of sp³-hybridized carbons (Fsp3) is 0.350. The lowest BCUT2D eigenvalue weighted by Gasteiger charge is -2.13. The molecule has 0 atom stereocenters. The van der Waals surface area contributed by atoms with Crippen molar-refractivity contribution in [3.63, 3.8) is 0 Å². The first-order valence-corrected chi connectivity index (χ1v) is 8.55. The fourth-order valence-electron chi connectivity index (χ4n) is 2.22. The number of para-hydroxylation sites is 1. The zero-order valence-electron chi connectivity index (χ0n) is 15.2. The summed E-state index contributed by atoms with van der Waals surface area (Å²) in [5.41, 5.74) is 1.17. The SMILES string of the molecule is CN=C(NCCOc1ccccc1)NCc1ccc(OC(C)C)cc1. The van der Waals surface area contributed by atoms with E-state index < -0.39 is 0 Å². The van der Waals surface area contributed by atoms with E-state index >= 15 is 0 Å². The second kappa shape index (κ2) is 10.2. The highest BCUT2D eigenvalue weighted by Gasteiger charge is 2.01. The maximum absolute atomic E-state index is 5.65. The normalized spacial score (nSPS) is 11.3. The van der Waals surface area contributed by atoms with Crippen LogP contribution in [0.3, 0.4) is 0 Å². The summed E-state index contributed by atoms with van der Waals surface area (Å²) in [6.45, 7) is 5.99. The quantitative estimate of drug-likeness (QED) is 0.440. The predicted octanol–water partition coefficient (Wildman–Crippen LogP) is 3.22. The molecule has 2 rings (SSSR count). The number of nitrogens with zero attached hydrogens (tertiary/aromatic N) is 1. The van der Waals surface area contributed by atoms with E-state index in [-0.39, 0.29) is 6.10 Å². The minimum Gasteiger partial charge on any atom is -0.492 e. The maximum Gasteiger partial charge on any atom is 0.191 e. The highest BCUT2D eigenvalue weighted by atomic mass is 16.5. The molecule has 5 heteroatoms. The highest BCUT2D eigenvalue weighted by Crippen LogP contribution is 2.13. The summed E-state index contributed by atoms with van der Waals surface area (Å²) in [5, 5.41) is 6.52. The summed E-state index contributed by atoms with van der Waals surface area (Å²) in [6, 6.07) is 17.9. The van der Waals surface area contributed by atoms with Gasteiger partial charge in [-0.3, -0.25) is 4.99 Å². The van der Waals surface area contributed by atoms with E-state index in [0.29, 0.717) is 19.7 Å². The Morgan fingerprint density at radius 2 is 1.68 bits per heavy atom. The zero-order valence-corrected chi connectivity index (χ0v) is 15.2. The van der Waals surface area contributed by atoms with Crippen molar-refractivity contribution < 1.29 is 9.47 Å². The van der Waals surface area contributed by atoms with Crippen molar-refractivity contribution >= 4 is 5.96 Å². The van der Waals surface area contributed by atoms with Crippen LogP contribution in [0.2, 0.25) is 0 Å². The van der Waals surface area contributed by atoms with Crippen LogP contribution in [-0.4, -0.2) is 32.3 Å². The van der Waals surface area contributed by atoms with Gasteiger partial charge in [-0.05, 0) is 43.7 Å². The lowest BCUT2D eigenvalue weighted by atomic mass is 10.2. The third-order valence-electron chi connectivity index (χ3n) is 3.39. The molecule has 0 aliphatic heterocycles. The predicted molar refractivity (Wildman–Crippen MR) is 102 cm³/mol. The van der Waals surface area contributed by atoms with Crippen LogP contribution in [0.15, 0.2) is 59.6 Å². The molecule has 2 aromatic carbocycles. The minimum atomic E-state index is 0.185. The molecule has 0 aliphatic rings. The molecule has 0 unspecified atom stereocenters. The highest BCUT2D eigenvalue weighted by molar-refractivity contribution is 5.79. The topological polar surface area (TPSA) is 54.9 Å². The van der Waals surface area contributed by atoms with Gasteiger partial charge in [0.1, 0.15) is 18.1 Å². The fourth-order valence-corrected chi connectivity index (χ4v) is 2.22. The Bertz CT molecular complexity index is 640. The summed E-state index contributed by atoms with van der Waals surface area (Å²) in [4.78, 5) is 4.22. The minimum absolute atomic E-state index is 0.185. The van der Waals surface area contributed by atoms with E-state index in [1.165, 1.54) is 5.56 Å². The second-order valence-corrected chi connectivity index (χ2v) is 5.82. The number of hydrogen-bond donors (Lipinski definition) is 2. The molecule has 0 spiro atoms. The molecule has 2 aromatic rings. The molecule has 0 amide bonds. The first kappa shape index (κ1) is 18.6. The van der Waals surface area contributed by atoms with Crippen LogP contribution in [0.4, 0.5) is 0 Å². The van der Waals surface area contributed by atoms with Crippen LogP contribution >= 0.6 is 0 Å². The van der Waals surface area contributed by atoms with Gasteiger partial charge in [0, 0.05) is 13.6 Å². The van der Waals surface area contributed by atoms with E-state index in [4.69, 9.17) is 9.47 Å². The van der Waals surface area contributed by atoms with Gasteiger partial charge < -0.3 is 20.1 Å². The van der Waals surface area contributed by atoms with Gasteiger partial charge in [0.25, 0.3) is 0 Å². The molecule has 0 aliphatic carbocycles. The number of benzene rings is 2. The summed E-state index contributed by atoms with van der Waals surface area (Å²) in [5.74, 6) is 2.51. The number of ether oxygens (including phenoxy) is 2. The summed E-state index contributed by atoms with van der Waals surface area (Å²) < 4.78 is 11.3. The third kappa shape index (κ3) is 7.16. The molecule has 0 saturated carbocycles. The van der Waals surface area contributed by atoms with E-state index in [2.05, 4.69) is 27.8 Å². The molecular formula is C20H27N3O2. The maximum atomic E-state index is 5.65. The number of guanidine groups is 1. The second-order valence-electron chi connectivity index (χ2n) is 5.82. The van der Waals surface area contributed by atoms with E-state index in [9.17, 15) is 0 Å². The average Bonchev–Trinajstić information content (AvgIpc) is 2.63. The Kier molecular flexibility index (Phi) is 7.63. The van der Waals surface area contributed by atoms with Gasteiger partial charge in [0.05, 0.1) is 12.6 Å². The number of aliphatic imine (C=N–C) groups is 1. The van der Waals surface area contributed by atoms with Crippen LogP contribution in [0.1, 0.15) is 19.4 Å². The van der Waals surface area contributed by atoms with Crippen molar-refractivity contribution in [1.29, 1.82) is 0 Å². The van der Waals surface area contributed by atoms with Crippen molar-refractivity contribution in [2.45, 2.75) is 26.5 Å². The van der Waals surface area contributed by atoms with Gasteiger partial charge in [-0.25, -0.2) is 0 Å². The van der Waals surface area contributed by atoms with Crippen LogP contribution in [-0.2, 0) is 6.54 Å². The number of rotatable bonds is 8. The smallest absolute Gasteiger partial charge is 0.191 e. The molecule has 0 bridgehead atoms. The molecule has 25 heavy (non-hydrogen) atoms. The molecular weight excluding hydrogens is 314 g/mol. The van der Waals surface area contributed by atoms with E-state index in [1.54, 1.807) is 7.05 Å². The molecule has 134 valence electrons. The zero-order chi connectivity index (χ0) is 17.9. The summed E-state index contributed by atoms with van der Waals surface area (Å²) in [6.07, 6.45) is 0.185. The standard InChI is InChI=1S/C20H27N3O2/c1-16(2)25-19-11-9-17(10-12-19)15-23-20(21-3)22-13-14-24-18-7-5-4-6-8-18/h4-12,16H,13-15H2,1-3H3,(H2,21,22,23). The van der Waals surface area contributed by atoms with E-state index in [1.807, 2.05) is 56.3 Å². The first-order valence-electron chi connectivity index (χ1n) is 8.55. The number of nitrogens with one attached hydrogen (secondary N) is 2. The Hall–Kier alpha value is -2.69. The van der Waals surface area contributed by atoms with Crippen molar-refractivity contribution in [2.75, 3.05) is 20.2 Å². The molecule has 0 aromatic heterocycles. The van der Waals surface area contributed by atoms with Crippen molar-refractivity contribution in [3.05, 3.63) is 60.2 Å². The van der Waals surface area contributed by atoms with Gasteiger partial charge in [-0.2, -0.15) is 0 Å². The molecule has 0 fully saturated rings. The summed E-state index contributed by atoms with van der Waals surface area (Å²) >= 11 is 0. The van der Waals surface area contributed by atoms with Crippen molar-refractivity contribution in [2.24, 2.45) is 4.99 Å². The molecule has 2 N–H and O–H groups in total. The largest absolute Gasteiger partial charge is 0.492 e. The van der Waals surface area contributed by atoms with Crippen LogP contribution in [0.5, 0.6) is 11.5 Å². The van der Waals surface area contributed by atoms with Gasteiger partial charge in [0.2, 0.25) is 0 Å². The third-order valence-corrected chi connectivity index (χ3v) is 3.39. The Labute approximate surface area is 150 Å². The van der Waals surface area contributed by atoms with E-state index in [0.717, 1.165) is 17.5 Å². The van der Waals surface area contributed by atoms with Gasteiger partial charge in [0.15, 0.2) is 5.96 Å². The van der Waals surface area contributed by atoms with Crippen LogP contribution in [0, 0.1) is 0 Å². The van der Waals surface area contributed by atoms with Gasteiger partial charge >= 0.3 is 0 Å². The molecule has 0 radical (unpaired) electrons. The lowest BCUT2D eigenvalue weighted by Crippen LogP contribution is -2.38. The first-order chi connectivity index (χ1) is 12.2. The van der Waals surface area contributed by atoms with Crippen molar-refractivity contribution in [1.82, 2.24) is 10.6 Å². The van der Waals surface area contributed by atoms with Crippen LogP contribution < -0.4 is 20.1 Å². The van der Waals surface area contributed by atoms with Gasteiger partial charge in [-0.15, -0.1) is 0 Å². The Morgan fingerprint density at radius 3 is 2.32 bits per heavy atom. The van der Waals surface area contributed by atoms with Crippen LogP contribution in [0.25, 0.3) is 0 Å². The molecule has 5 nitrogen and oxygen atoms in total. The Morgan fingerprint density at radius 1 is 0.960 bits per heavy atom. The lowest BCUT2D eigenvalue weighted by molar-refractivity contribution is 0.242. The summed E-state index contributed by atoms with van der Waals surface area (Å²) in [7, 11) is 1.76. The monoisotopic (exact) mass is 341 g/mol. The van der Waals surface area contributed by atoms with Crippen molar-refractivity contribution in [3.8, 4) is 11.5 Å². The average molecular weight is 341 g/mol.